The molecule has 0 aromatic carbocycles. The third-order valence-electron chi connectivity index (χ3n) is 3.02. The Labute approximate surface area is 114 Å². The maximum atomic E-state index is 11.5. The van der Waals surface area contributed by atoms with Gasteiger partial charge in [0.05, 0.1) is 6.54 Å². The molecule has 19 heavy (non-hydrogen) atoms. The van der Waals surface area contributed by atoms with E-state index >= 15 is 0 Å². The number of nitrogens with two attached hydrogens (primary N) is 1. The molecule has 110 valence electrons. The van der Waals surface area contributed by atoms with Crippen LogP contribution in [0.4, 0.5) is 4.79 Å². The van der Waals surface area contributed by atoms with Crippen LogP contribution in [-0.2, 0) is 9.53 Å². The second-order valence-corrected chi connectivity index (χ2v) is 6.07. The number of nitrogens with zero attached hydrogens (tertiary/aromatic N) is 1. The van der Waals surface area contributed by atoms with E-state index in [9.17, 15) is 9.59 Å². The van der Waals surface area contributed by atoms with Crippen molar-refractivity contribution in [2.75, 3.05) is 26.2 Å². The molecule has 0 aliphatic carbocycles. The molecule has 0 aromatic rings. The maximum Gasteiger partial charge on any atom is 0.407 e. The predicted molar refractivity (Wildman–Crippen MR) is 72.6 cm³/mol. The van der Waals surface area contributed by atoms with Gasteiger partial charge in [0.25, 0.3) is 0 Å². The summed E-state index contributed by atoms with van der Waals surface area (Å²) in [5, 5.41) is 2.79. The van der Waals surface area contributed by atoms with Crippen molar-refractivity contribution in [1.82, 2.24) is 10.2 Å². The summed E-state index contributed by atoms with van der Waals surface area (Å²) in [7, 11) is 0. The second kappa shape index (κ2) is 6.75. The fraction of sp³-hybridized carbons (Fsp3) is 0.846. The van der Waals surface area contributed by atoms with Gasteiger partial charge in [-0.2, -0.15) is 0 Å². The van der Waals surface area contributed by atoms with E-state index in [1.54, 1.807) is 0 Å². The van der Waals surface area contributed by atoms with Crippen LogP contribution in [0.2, 0.25) is 0 Å². The number of likely N-dealkylation sites (tertiary alicyclic amines) is 1. The Morgan fingerprint density at radius 1 is 1.32 bits per heavy atom. The molecular formula is C13H25N3O3. The van der Waals surface area contributed by atoms with E-state index in [4.69, 9.17) is 10.5 Å². The van der Waals surface area contributed by atoms with Gasteiger partial charge in [0.1, 0.15) is 5.60 Å². The average molecular weight is 271 g/mol. The smallest absolute Gasteiger partial charge is 0.407 e. The van der Waals surface area contributed by atoms with Gasteiger partial charge in [-0.05, 0) is 52.6 Å². The quantitative estimate of drug-likeness (QED) is 0.788. The first-order chi connectivity index (χ1) is 8.76. The molecule has 1 heterocycles. The highest BCUT2D eigenvalue weighted by molar-refractivity contribution is 5.75. The fourth-order valence-electron chi connectivity index (χ4n) is 2.11. The average Bonchev–Trinajstić information content (AvgIpc) is 2.25. The zero-order chi connectivity index (χ0) is 14.5. The SMILES string of the molecule is CC(C)(C)OC(=O)NCC1CCN(CC(N)=O)CC1. The Kier molecular flexibility index (Phi) is 5.60. The lowest BCUT2D eigenvalue weighted by Crippen LogP contribution is -2.42. The van der Waals surface area contributed by atoms with Gasteiger partial charge in [0.2, 0.25) is 5.91 Å². The summed E-state index contributed by atoms with van der Waals surface area (Å²) in [6, 6.07) is 0. The van der Waals surface area contributed by atoms with Crippen LogP contribution in [0.3, 0.4) is 0 Å². The lowest BCUT2D eigenvalue weighted by atomic mass is 9.97. The molecule has 6 heteroatoms. The number of nitrogens with one attached hydrogen (secondary N) is 1. The Morgan fingerprint density at radius 3 is 2.37 bits per heavy atom. The van der Waals surface area contributed by atoms with Crippen LogP contribution in [0.1, 0.15) is 33.6 Å². The first kappa shape index (κ1) is 15.8. The lowest BCUT2D eigenvalue weighted by Gasteiger charge is -2.31. The van der Waals surface area contributed by atoms with Crippen molar-refractivity contribution in [3.05, 3.63) is 0 Å². The van der Waals surface area contributed by atoms with Crippen LogP contribution >= 0.6 is 0 Å². The van der Waals surface area contributed by atoms with Crippen LogP contribution in [0.15, 0.2) is 0 Å². The van der Waals surface area contributed by atoms with Gasteiger partial charge in [-0.1, -0.05) is 0 Å². The highest BCUT2D eigenvalue weighted by atomic mass is 16.6. The Morgan fingerprint density at radius 2 is 1.89 bits per heavy atom. The summed E-state index contributed by atoms with van der Waals surface area (Å²) in [5.41, 5.74) is 4.70. The van der Waals surface area contributed by atoms with Crippen LogP contribution in [0.25, 0.3) is 0 Å². The predicted octanol–water partition coefficient (Wildman–Crippen LogP) is 0.708. The minimum atomic E-state index is -0.463. The minimum absolute atomic E-state index is 0.287. The van der Waals surface area contributed by atoms with E-state index in [-0.39, 0.29) is 12.0 Å². The van der Waals surface area contributed by atoms with Crippen molar-refractivity contribution in [2.45, 2.75) is 39.2 Å². The molecule has 1 fully saturated rings. The molecule has 3 N–H and O–H groups in total. The van der Waals surface area contributed by atoms with Gasteiger partial charge in [-0.25, -0.2) is 4.79 Å². The van der Waals surface area contributed by atoms with E-state index < -0.39 is 5.60 Å². The van der Waals surface area contributed by atoms with Crippen LogP contribution in [0, 0.1) is 5.92 Å². The number of hydrogen-bond donors (Lipinski definition) is 2. The summed E-state index contributed by atoms with van der Waals surface area (Å²) in [5.74, 6) is 0.155. The number of alkyl carbamates (subject to hydrolysis) is 1. The van der Waals surface area contributed by atoms with Crippen LogP contribution in [-0.4, -0.2) is 48.7 Å². The zero-order valence-electron chi connectivity index (χ0n) is 12.1. The number of piperidine rings is 1. The highest BCUT2D eigenvalue weighted by Gasteiger charge is 2.22. The van der Waals surface area contributed by atoms with Crippen LogP contribution in [0.5, 0.6) is 0 Å². The minimum Gasteiger partial charge on any atom is -0.444 e. The van der Waals surface area contributed by atoms with Gasteiger partial charge < -0.3 is 15.8 Å². The van der Waals surface area contributed by atoms with Gasteiger partial charge in [-0.3, -0.25) is 9.69 Å². The number of rotatable bonds is 4. The molecule has 0 spiro atoms. The number of primary amides is 1. The largest absolute Gasteiger partial charge is 0.444 e. The Bertz CT molecular complexity index is 318. The monoisotopic (exact) mass is 271 g/mol. The van der Waals surface area contributed by atoms with Crippen molar-refractivity contribution >= 4 is 12.0 Å². The molecule has 1 aliphatic rings. The van der Waals surface area contributed by atoms with E-state index in [0.29, 0.717) is 19.0 Å². The van der Waals surface area contributed by atoms with E-state index in [2.05, 4.69) is 5.32 Å². The molecular weight excluding hydrogens is 246 g/mol. The lowest BCUT2D eigenvalue weighted by molar-refractivity contribution is -0.119. The molecule has 0 saturated carbocycles. The molecule has 0 aromatic heterocycles. The van der Waals surface area contributed by atoms with Crippen molar-refractivity contribution in [2.24, 2.45) is 11.7 Å². The highest BCUT2D eigenvalue weighted by Crippen LogP contribution is 2.16. The van der Waals surface area contributed by atoms with E-state index in [1.807, 2.05) is 25.7 Å². The van der Waals surface area contributed by atoms with Gasteiger partial charge >= 0.3 is 6.09 Å². The molecule has 1 aliphatic heterocycles. The first-order valence-electron chi connectivity index (χ1n) is 6.74. The molecule has 2 amide bonds. The zero-order valence-corrected chi connectivity index (χ0v) is 12.1. The van der Waals surface area contributed by atoms with Crippen LogP contribution < -0.4 is 11.1 Å². The molecule has 6 nitrogen and oxygen atoms in total. The summed E-state index contributed by atoms with van der Waals surface area (Å²) >= 11 is 0. The number of hydrogen-bond acceptors (Lipinski definition) is 4. The van der Waals surface area contributed by atoms with Crippen molar-refractivity contribution in [3.8, 4) is 0 Å². The Hall–Kier alpha value is -1.30. The van der Waals surface area contributed by atoms with Crippen molar-refractivity contribution in [3.63, 3.8) is 0 Å². The molecule has 0 unspecified atom stereocenters. The molecule has 0 atom stereocenters. The molecule has 1 rings (SSSR count). The summed E-state index contributed by atoms with van der Waals surface area (Å²) in [6.45, 7) is 8.18. The maximum absolute atomic E-state index is 11.5. The normalized spacial score (nSPS) is 18.1. The standard InChI is InChI=1S/C13H25N3O3/c1-13(2,3)19-12(18)15-8-10-4-6-16(7-5-10)9-11(14)17/h10H,4-9H2,1-3H3,(H2,14,17)(H,15,18). The molecule has 1 saturated heterocycles. The van der Waals surface area contributed by atoms with Gasteiger partial charge in [-0.15, -0.1) is 0 Å². The summed E-state index contributed by atoms with van der Waals surface area (Å²) < 4.78 is 5.18. The second-order valence-electron chi connectivity index (χ2n) is 6.07. The topological polar surface area (TPSA) is 84.7 Å². The van der Waals surface area contributed by atoms with E-state index in [0.717, 1.165) is 25.9 Å². The van der Waals surface area contributed by atoms with E-state index in [1.165, 1.54) is 0 Å². The number of amides is 2. The van der Waals surface area contributed by atoms with Gasteiger partial charge in [0.15, 0.2) is 0 Å². The fourth-order valence-corrected chi connectivity index (χ4v) is 2.11. The third-order valence-corrected chi connectivity index (χ3v) is 3.02. The van der Waals surface area contributed by atoms with Crippen molar-refractivity contribution in [1.29, 1.82) is 0 Å². The van der Waals surface area contributed by atoms with Crippen molar-refractivity contribution < 1.29 is 14.3 Å². The van der Waals surface area contributed by atoms with Gasteiger partial charge in [0, 0.05) is 6.54 Å². The summed E-state index contributed by atoms with van der Waals surface area (Å²) in [4.78, 5) is 24.4. The number of ether oxygens (including phenoxy) is 1. The Balaban J connectivity index is 2.19. The number of carbonyl (C=O) groups excluding carboxylic acids is 2. The third kappa shape index (κ3) is 7.00. The molecule has 0 radical (unpaired) electrons. The first-order valence-corrected chi connectivity index (χ1v) is 6.74. The number of carbonyl (C=O) groups is 2. The summed E-state index contributed by atoms with van der Waals surface area (Å²) in [6.07, 6.45) is 1.55. The molecule has 0 bridgehead atoms.